The highest BCUT2D eigenvalue weighted by atomic mass is 16.1. The van der Waals surface area contributed by atoms with Crippen molar-refractivity contribution in [3.8, 4) is 0 Å². The molecule has 102 valence electrons. The maximum Gasteiger partial charge on any atom is 0.163 e. The summed E-state index contributed by atoms with van der Waals surface area (Å²) in [4.78, 5) is 12.4. The molecule has 0 spiro atoms. The van der Waals surface area contributed by atoms with E-state index in [1.165, 1.54) is 43.2 Å². The molecule has 0 bridgehead atoms. The SMILES string of the molecule is O=C(CC1CCCNC1)c1ccc2c(c1)CCCC2. The van der Waals surface area contributed by atoms with Crippen molar-refractivity contribution in [2.75, 3.05) is 13.1 Å². The third-order valence-corrected chi connectivity index (χ3v) is 4.54. The fourth-order valence-corrected chi connectivity index (χ4v) is 3.39. The van der Waals surface area contributed by atoms with Crippen LogP contribution in [0.15, 0.2) is 18.2 Å². The number of nitrogens with one attached hydrogen (secondary N) is 1. The van der Waals surface area contributed by atoms with Crippen LogP contribution in [0.2, 0.25) is 0 Å². The number of fused-ring (bicyclic) bond motifs is 1. The molecule has 1 unspecified atom stereocenters. The molecule has 3 rings (SSSR count). The van der Waals surface area contributed by atoms with E-state index in [9.17, 15) is 4.79 Å². The maximum atomic E-state index is 12.4. The van der Waals surface area contributed by atoms with Gasteiger partial charge in [-0.25, -0.2) is 0 Å². The van der Waals surface area contributed by atoms with Crippen LogP contribution < -0.4 is 5.32 Å². The molecule has 1 aromatic carbocycles. The first-order chi connectivity index (χ1) is 9.33. The Hall–Kier alpha value is -1.15. The van der Waals surface area contributed by atoms with E-state index in [1.54, 1.807) is 0 Å². The normalized spacial score (nSPS) is 22.8. The lowest BCUT2D eigenvalue weighted by atomic mass is 9.87. The highest BCUT2D eigenvalue weighted by molar-refractivity contribution is 5.96. The zero-order chi connectivity index (χ0) is 13.1. The molecule has 2 aliphatic rings. The maximum absolute atomic E-state index is 12.4. The number of ketones is 1. The van der Waals surface area contributed by atoms with Gasteiger partial charge in [0.1, 0.15) is 0 Å². The van der Waals surface area contributed by atoms with Crippen LogP contribution in [0.4, 0.5) is 0 Å². The summed E-state index contributed by atoms with van der Waals surface area (Å²) < 4.78 is 0. The average molecular weight is 257 g/mol. The summed E-state index contributed by atoms with van der Waals surface area (Å²) in [5.41, 5.74) is 3.81. The van der Waals surface area contributed by atoms with Crippen LogP contribution in [-0.2, 0) is 12.8 Å². The lowest BCUT2D eigenvalue weighted by Gasteiger charge is -2.22. The molecule has 1 fully saturated rings. The van der Waals surface area contributed by atoms with Gasteiger partial charge in [0.05, 0.1) is 0 Å². The highest BCUT2D eigenvalue weighted by Gasteiger charge is 2.19. The second-order valence-electron chi connectivity index (χ2n) is 6.03. The van der Waals surface area contributed by atoms with Crippen molar-refractivity contribution >= 4 is 5.78 Å². The summed E-state index contributed by atoms with van der Waals surface area (Å²) in [6.45, 7) is 2.13. The number of carbonyl (C=O) groups is 1. The quantitative estimate of drug-likeness (QED) is 0.843. The van der Waals surface area contributed by atoms with Gasteiger partial charge in [-0.05, 0) is 74.7 Å². The van der Waals surface area contributed by atoms with E-state index in [-0.39, 0.29) is 0 Å². The number of rotatable bonds is 3. The molecule has 19 heavy (non-hydrogen) atoms. The van der Waals surface area contributed by atoms with Crippen LogP contribution in [0.25, 0.3) is 0 Å². The summed E-state index contributed by atoms with van der Waals surface area (Å²) in [7, 11) is 0. The van der Waals surface area contributed by atoms with Gasteiger partial charge in [0, 0.05) is 12.0 Å². The first-order valence-corrected chi connectivity index (χ1v) is 7.68. The fourth-order valence-electron chi connectivity index (χ4n) is 3.39. The molecule has 2 nitrogen and oxygen atoms in total. The monoisotopic (exact) mass is 257 g/mol. The van der Waals surface area contributed by atoms with Crippen molar-refractivity contribution in [3.05, 3.63) is 34.9 Å². The Morgan fingerprint density at radius 3 is 2.79 bits per heavy atom. The zero-order valence-electron chi connectivity index (χ0n) is 11.6. The van der Waals surface area contributed by atoms with Crippen molar-refractivity contribution in [2.24, 2.45) is 5.92 Å². The lowest BCUT2D eigenvalue weighted by Crippen LogP contribution is -2.31. The number of carbonyl (C=O) groups excluding carboxylic acids is 1. The van der Waals surface area contributed by atoms with E-state index in [4.69, 9.17) is 0 Å². The van der Waals surface area contributed by atoms with E-state index in [1.807, 2.05) is 6.07 Å². The Balaban J connectivity index is 1.69. The lowest BCUT2D eigenvalue weighted by molar-refractivity contribution is 0.0953. The van der Waals surface area contributed by atoms with E-state index >= 15 is 0 Å². The van der Waals surface area contributed by atoms with Crippen molar-refractivity contribution in [1.29, 1.82) is 0 Å². The van der Waals surface area contributed by atoms with Gasteiger partial charge in [-0.3, -0.25) is 4.79 Å². The standard InChI is InChI=1S/C17H23NO/c19-17(10-13-4-3-9-18-12-13)16-8-7-14-5-1-2-6-15(14)11-16/h7-8,11,13,18H,1-6,9-10,12H2. The highest BCUT2D eigenvalue weighted by Crippen LogP contribution is 2.24. The van der Waals surface area contributed by atoms with Gasteiger partial charge in [0.25, 0.3) is 0 Å². The Kier molecular flexibility index (Phi) is 3.97. The average Bonchev–Trinajstić information content (AvgIpc) is 2.48. The molecule has 1 atom stereocenters. The predicted molar refractivity (Wildman–Crippen MR) is 77.6 cm³/mol. The second kappa shape index (κ2) is 5.87. The fraction of sp³-hybridized carbons (Fsp3) is 0.588. The minimum absolute atomic E-state index is 0.335. The smallest absolute Gasteiger partial charge is 0.163 e. The third kappa shape index (κ3) is 3.06. The van der Waals surface area contributed by atoms with Crippen LogP contribution in [0, 0.1) is 5.92 Å². The summed E-state index contributed by atoms with van der Waals surface area (Å²) in [6.07, 6.45) is 8.04. The van der Waals surface area contributed by atoms with Crippen LogP contribution in [-0.4, -0.2) is 18.9 Å². The second-order valence-corrected chi connectivity index (χ2v) is 6.03. The zero-order valence-corrected chi connectivity index (χ0v) is 11.6. The summed E-state index contributed by atoms with van der Waals surface area (Å²) >= 11 is 0. The van der Waals surface area contributed by atoms with Gasteiger partial charge < -0.3 is 5.32 Å². The summed E-state index contributed by atoms with van der Waals surface area (Å²) in [5, 5.41) is 3.39. The van der Waals surface area contributed by atoms with Gasteiger partial charge in [-0.15, -0.1) is 0 Å². The Morgan fingerprint density at radius 1 is 1.16 bits per heavy atom. The van der Waals surface area contributed by atoms with Crippen molar-refractivity contribution in [3.63, 3.8) is 0 Å². The van der Waals surface area contributed by atoms with E-state index in [0.717, 1.165) is 25.1 Å². The molecule has 0 aromatic heterocycles. The van der Waals surface area contributed by atoms with Crippen molar-refractivity contribution < 1.29 is 4.79 Å². The minimum atomic E-state index is 0.335. The molecule has 1 aliphatic carbocycles. The van der Waals surface area contributed by atoms with Crippen LogP contribution in [0.3, 0.4) is 0 Å². The number of hydrogen-bond acceptors (Lipinski definition) is 2. The Labute approximate surface area is 115 Å². The first kappa shape index (κ1) is 12.9. The molecule has 1 aromatic rings. The molecule has 0 amide bonds. The molecule has 1 aliphatic heterocycles. The van der Waals surface area contributed by atoms with Crippen LogP contribution >= 0.6 is 0 Å². The van der Waals surface area contributed by atoms with E-state index < -0.39 is 0 Å². The molecule has 0 saturated carbocycles. The molecule has 0 radical (unpaired) electrons. The number of Topliss-reactive ketones (excluding diaryl/α,β-unsaturated/α-hetero) is 1. The Morgan fingerprint density at radius 2 is 2.00 bits per heavy atom. The van der Waals surface area contributed by atoms with Gasteiger partial charge in [0.15, 0.2) is 5.78 Å². The minimum Gasteiger partial charge on any atom is -0.316 e. The molecular formula is C17H23NO. The number of benzene rings is 1. The number of piperidine rings is 1. The molecule has 1 N–H and O–H groups in total. The van der Waals surface area contributed by atoms with Crippen molar-refractivity contribution in [2.45, 2.75) is 44.9 Å². The van der Waals surface area contributed by atoms with E-state index in [2.05, 4.69) is 17.4 Å². The van der Waals surface area contributed by atoms with Crippen LogP contribution in [0.1, 0.15) is 53.6 Å². The molecule has 2 heteroatoms. The number of hydrogen-bond donors (Lipinski definition) is 1. The summed E-state index contributed by atoms with van der Waals surface area (Å²) in [6, 6.07) is 6.39. The summed E-state index contributed by atoms with van der Waals surface area (Å²) in [5.74, 6) is 0.874. The molecule has 1 saturated heterocycles. The van der Waals surface area contributed by atoms with E-state index in [0.29, 0.717) is 18.1 Å². The largest absolute Gasteiger partial charge is 0.316 e. The van der Waals surface area contributed by atoms with Gasteiger partial charge in [0.2, 0.25) is 0 Å². The van der Waals surface area contributed by atoms with Gasteiger partial charge in [-0.2, -0.15) is 0 Å². The molecular weight excluding hydrogens is 234 g/mol. The van der Waals surface area contributed by atoms with Gasteiger partial charge >= 0.3 is 0 Å². The first-order valence-electron chi connectivity index (χ1n) is 7.68. The number of aryl methyl sites for hydroxylation is 2. The topological polar surface area (TPSA) is 29.1 Å². The predicted octanol–water partition coefficient (Wildman–Crippen LogP) is 3.14. The van der Waals surface area contributed by atoms with Gasteiger partial charge in [-0.1, -0.05) is 12.1 Å². The van der Waals surface area contributed by atoms with Crippen LogP contribution in [0.5, 0.6) is 0 Å². The Bertz CT molecular complexity index is 460. The molecule has 1 heterocycles. The van der Waals surface area contributed by atoms with Crippen molar-refractivity contribution in [1.82, 2.24) is 5.32 Å². The third-order valence-electron chi connectivity index (χ3n) is 4.54.